The quantitative estimate of drug-likeness (QED) is 0.527. The van der Waals surface area contributed by atoms with Crippen molar-refractivity contribution in [2.75, 3.05) is 5.43 Å². The van der Waals surface area contributed by atoms with Gasteiger partial charge in [0.15, 0.2) is 0 Å². The van der Waals surface area contributed by atoms with Crippen LogP contribution in [0.4, 0.5) is 5.69 Å². The fourth-order valence-electron chi connectivity index (χ4n) is 2.18. The Kier molecular flexibility index (Phi) is 3.04. The van der Waals surface area contributed by atoms with Gasteiger partial charge >= 0.3 is 0 Å². The summed E-state index contributed by atoms with van der Waals surface area (Å²) < 4.78 is 0. The van der Waals surface area contributed by atoms with Gasteiger partial charge in [-0.3, -0.25) is 5.84 Å². The van der Waals surface area contributed by atoms with Gasteiger partial charge in [-0.05, 0) is 48.9 Å². The van der Waals surface area contributed by atoms with E-state index >= 15 is 0 Å². The smallest absolute Gasteiger partial charge is 0.0488 e. The first-order chi connectivity index (χ1) is 6.90. The van der Waals surface area contributed by atoms with Crippen molar-refractivity contribution in [1.82, 2.24) is 0 Å². The highest BCUT2D eigenvalue weighted by molar-refractivity contribution is 5.48. The first kappa shape index (κ1) is 9.53. The van der Waals surface area contributed by atoms with Crippen LogP contribution in [-0.2, 0) is 12.8 Å². The van der Waals surface area contributed by atoms with Crippen LogP contribution in [0.2, 0.25) is 0 Å². The molecular weight excluding hydrogens is 172 g/mol. The summed E-state index contributed by atoms with van der Waals surface area (Å²) in [6.45, 7) is 0. The Hall–Kier alpha value is -1.02. The van der Waals surface area contributed by atoms with Gasteiger partial charge in [0.2, 0.25) is 0 Å². The van der Waals surface area contributed by atoms with E-state index in [-0.39, 0.29) is 0 Å². The molecule has 1 aromatic carbocycles. The van der Waals surface area contributed by atoms with Crippen molar-refractivity contribution in [1.29, 1.82) is 0 Å². The van der Waals surface area contributed by atoms with Crippen molar-refractivity contribution in [3.8, 4) is 0 Å². The van der Waals surface area contributed by atoms with E-state index in [1.165, 1.54) is 49.7 Å². The van der Waals surface area contributed by atoms with E-state index in [1.54, 1.807) is 0 Å². The lowest BCUT2D eigenvalue weighted by molar-refractivity contribution is 0.617. The molecule has 1 aliphatic rings. The molecule has 0 atom stereocenters. The Morgan fingerprint density at radius 1 is 0.929 bits per heavy atom. The summed E-state index contributed by atoms with van der Waals surface area (Å²) in [5.74, 6) is 5.40. The average molecular weight is 190 g/mol. The van der Waals surface area contributed by atoms with Crippen LogP contribution < -0.4 is 11.3 Å². The summed E-state index contributed by atoms with van der Waals surface area (Å²) >= 11 is 0. The second-order valence-corrected chi connectivity index (χ2v) is 4.04. The highest BCUT2D eigenvalue weighted by atomic mass is 15.2. The van der Waals surface area contributed by atoms with Gasteiger partial charge in [0.05, 0.1) is 0 Å². The Morgan fingerprint density at radius 2 is 1.64 bits per heavy atom. The Labute approximate surface area is 85.5 Å². The number of aryl methyl sites for hydroxylation is 2. The third-order valence-electron chi connectivity index (χ3n) is 3.02. The summed E-state index contributed by atoms with van der Waals surface area (Å²) in [6, 6.07) is 6.48. The highest BCUT2D eigenvalue weighted by Gasteiger charge is 2.06. The lowest BCUT2D eigenvalue weighted by Gasteiger charge is -2.14. The third kappa shape index (κ3) is 2.07. The number of fused-ring (bicyclic) bond motifs is 1. The van der Waals surface area contributed by atoms with E-state index in [2.05, 4.69) is 23.6 Å². The average Bonchev–Trinajstić information content (AvgIpc) is 2.18. The maximum absolute atomic E-state index is 5.40. The zero-order valence-electron chi connectivity index (χ0n) is 8.55. The number of nitrogens with one attached hydrogen (secondary N) is 1. The van der Waals surface area contributed by atoms with E-state index in [4.69, 9.17) is 5.84 Å². The molecule has 3 N–H and O–H groups in total. The standard InChI is InChI=1S/C12H18N2/c13-14-12-8-7-10-5-3-1-2-4-6-11(10)9-12/h7-9,14H,1-6,13H2. The lowest BCUT2D eigenvalue weighted by Crippen LogP contribution is -2.08. The van der Waals surface area contributed by atoms with Crippen molar-refractivity contribution in [3.63, 3.8) is 0 Å². The molecule has 76 valence electrons. The topological polar surface area (TPSA) is 38.0 Å². The molecule has 0 aromatic heterocycles. The van der Waals surface area contributed by atoms with Crippen LogP contribution >= 0.6 is 0 Å². The van der Waals surface area contributed by atoms with E-state index in [0.29, 0.717) is 0 Å². The number of nitrogen functional groups attached to an aromatic ring is 1. The molecule has 0 radical (unpaired) electrons. The lowest BCUT2D eigenvalue weighted by atomic mass is 9.93. The molecule has 2 rings (SSSR count). The first-order valence-electron chi connectivity index (χ1n) is 5.48. The number of rotatable bonds is 1. The minimum Gasteiger partial charge on any atom is -0.324 e. The van der Waals surface area contributed by atoms with Gasteiger partial charge in [0, 0.05) is 5.69 Å². The Bertz CT molecular complexity index is 307. The Balaban J connectivity index is 2.26. The summed E-state index contributed by atoms with van der Waals surface area (Å²) in [7, 11) is 0. The largest absolute Gasteiger partial charge is 0.324 e. The SMILES string of the molecule is NNc1ccc2c(c1)CCCCCC2. The molecular formula is C12H18N2. The number of nitrogens with two attached hydrogens (primary N) is 1. The van der Waals surface area contributed by atoms with Crippen molar-refractivity contribution in [3.05, 3.63) is 29.3 Å². The summed E-state index contributed by atoms with van der Waals surface area (Å²) in [4.78, 5) is 0. The van der Waals surface area contributed by atoms with Crippen LogP contribution in [0.1, 0.15) is 36.8 Å². The number of hydrazine groups is 1. The fourth-order valence-corrected chi connectivity index (χ4v) is 2.18. The predicted octanol–water partition coefficient (Wildman–Crippen LogP) is 2.63. The van der Waals surface area contributed by atoms with Gasteiger partial charge in [-0.15, -0.1) is 0 Å². The number of benzene rings is 1. The van der Waals surface area contributed by atoms with Gasteiger partial charge in [0.25, 0.3) is 0 Å². The van der Waals surface area contributed by atoms with Crippen molar-refractivity contribution >= 4 is 5.69 Å². The molecule has 0 spiro atoms. The monoisotopic (exact) mass is 190 g/mol. The molecule has 0 aliphatic heterocycles. The minimum absolute atomic E-state index is 1.03. The fraction of sp³-hybridized carbons (Fsp3) is 0.500. The highest BCUT2D eigenvalue weighted by Crippen LogP contribution is 2.22. The van der Waals surface area contributed by atoms with E-state index in [9.17, 15) is 0 Å². The first-order valence-corrected chi connectivity index (χ1v) is 5.48. The molecule has 2 heteroatoms. The van der Waals surface area contributed by atoms with E-state index in [0.717, 1.165) is 5.69 Å². The second kappa shape index (κ2) is 4.47. The summed E-state index contributed by atoms with van der Waals surface area (Å²) in [5.41, 5.74) is 6.75. The second-order valence-electron chi connectivity index (χ2n) is 4.04. The van der Waals surface area contributed by atoms with Gasteiger partial charge in [-0.1, -0.05) is 18.9 Å². The molecule has 0 amide bonds. The maximum Gasteiger partial charge on any atom is 0.0488 e. The molecule has 0 saturated heterocycles. The van der Waals surface area contributed by atoms with Gasteiger partial charge in [-0.25, -0.2) is 0 Å². The van der Waals surface area contributed by atoms with Crippen molar-refractivity contribution in [2.45, 2.75) is 38.5 Å². The molecule has 2 nitrogen and oxygen atoms in total. The predicted molar refractivity (Wildman–Crippen MR) is 60.1 cm³/mol. The van der Waals surface area contributed by atoms with Gasteiger partial charge in [0.1, 0.15) is 0 Å². The van der Waals surface area contributed by atoms with Crippen LogP contribution in [0.5, 0.6) is 0 Å². The van der Waals surface area contributed by atoms with Crippen LogP contribution in [-0.4, -0.2) is 0 Å². The zero-order chi connectivity index (χ0) is 9.80. The molecule has 0 heterocycles. The minimum atomic E-state index is 1.03. The molecule has 1 aromatic rings. The molecule has 0 saturated carbocycles. The molecule has 14 heavy (non-hydrogen) atoms. The molecule has 0 unspecified atom stereocenters. The van der Waals surface area contributed by atoms with Gasteiger partial charge < -0.3 is 5.43 Å². The molecule has 0 bridgehead atoms. The molecule has 1 aliphatic carbocycles. The van der Waals surface area contributed by atoms with Crippen LogP contribution in [0, 0.1) is 0 Å². The number of hydrogen-bond acceptors (Lipinski definition) is 2. The third-order valence-corrected chi connectivity index (χ3v) is 3.02. The van der Waals surface area contributed by atoms with Crippen LogP contribution in [0.25, 0.3) is 0 Å². The number of hydrogen-bond donors (Lipinski definition) is 2. The van der Waals surface area contributed by atoms with E-state index < -0.39 is 0 Å². The maximum atomic E-state index is 5.40. The summed E-state index contributed by atoms with van der Waals surface area (Å²) in [6.07, 6.45) is 7.87. The normalized spacial score (nSPS) is 16.6. The van der Waals surface area contributed by atoms with Gasteiger partial charge in [-0.2, -0.15) is 0 Å². The zero-order valence-corrected chi connectivity index (χ0v) is 8.55. The Morgan fingerprint density at radius 3 is 2.36 bits per heavy atom. The van der Waals surface area contributed by atoms with Crippen molar-refractivity contribution in [2.24, 2.45) is 5.84 Å². The van der Waals surface area contributed by atoms with Crippen molar-refractivity contribution < 1.29 is 0 Å². The number of anilines is 1. The van der Waals surface area contributed by atoms with Crippen LogP contribution in [0.3, 0.4) is 0 Å². The van der Waals surface area contributed by atoms with Crippen LogP contribution in [0.15, 0.2) is 18.2 Å². The summed E-state index contributed by atoms with van der Waals surface area (Å²) in [5, 5.41) is 0. The van der Waals surface area contributed by atoms with E-state index in [1.807, 2.05) is 0 Å². The molecule has 0 fully saturated rings.